The van der Waals surface area contributed by atoms with Crippen molar-refractivity contribution >= 4 is 12.2 Å². The van der Waals surface area contributed by atoms with Crippen molar-refractivity contribution in [2.75, 3.05) is 0 Å². The Morgan fingerprint density at radius 2 is 2.12 bits per heavy atom. The summed E-state index contributed by atoms with van der Waals surface area (Å²) in [4.78, 5) is 0. The Morgan fingerprint density at radius 3 is 2.82 bits per heavy atom. The molecule has 1 N–H and O–H groups in total. The molecule has 90 valence electrons. The van der Waals surface area contributed by atoms with Crippen LogP contribution < -0.4 is 0 Å². The second kappa shape index (κ2) is 4.79. The normalized spacial score (nSPS) is 10.8. The summed E-state index contributed by atoms with van der Waals surface area (Å²) < 4.78 is 2.64. The average Bonchev–Trinajstić information content (AvgIpc) is 2.75. The highest BCUT2D eigenvalue weighted by atomic mass is 32.1. The highest BCUT2D eigenvalue weighted by Crippen LogP contribution is 2.22. The van der Waals surface area contributed by atoms with E-state index in [2.05, 4.69) is 22.2 Å². The summed E-state index contributed by atoms with van der Waals surface area (Å²) >= 11 is 5.16. The van der Waals surface area contributed by atoms with Gasteiger partial charge < -0.3 is 0 Å². The summed E-state index contributed by atoms with van der Waals surface area (Å²) in [5, 5.41) is 11.5. The van der Waals surface area contributed by atoms with E-state index in [1.54, 1.807) is 0 Å². The number of aromatic nitrogens is 4. The molecule has 0 unspecified atom stereocenters. The molecule has 0 atom stereocenters. The molecule has 2 aromatic heterocycles. The third kappa shape index (κ3) is 2.29. The van der Waals surface area contributed by atoms with Crippen LogP contribution in [-0.4, -0.2) is 20.0 Å². The minimum Gasteiger partial charge on any atom is -0.272 e. The molecule has 0 saturated heterocycles. The van der Waals surface area contributed by atoms with Gasteiger partial charge in [0.15, 0.2) is 0 Å². The topological polar surface area (TPSA) is 46.5 Å². The highest BCUT2D eigenvalue weighted by molar-refractivity contribution is 7.71. The maximum atomic E-state index is 5.16. The van der Waals surface area contributed by atoms with E-state index in [-0.39, 0.29) is 0 Å². The Balaban J connectivity index is 2.46. The van der Waals surface area contributed by atoms with Crippen LogP contribution in [0.4, 0.5) is 0 Å². The fourth-order valence-corrected chi connectivity index (χ4v) is 1.94. The van der Waals surface area contributed by atoms with Gasteiger partial charge in [-0.05, 0) is 31.4 Å². The van der Waals surface area contributed by atoms with Crippen molar-refractivity contribution in [3.63, 3.8) is 0 Å². The Bertz CT molecular complexity index is 582. The van der Waals surface area contributed by atoms with Crippen LogP contribution in [0, 0.1) is 18.5 Å². The third-order valence-electron chi connectivity index (χ3n) is 2.89. The smallest absolute Gasteiger partial charge is 0.122 e. The predicted octanol–water partition coefficient (Wildman–Crippen LogP) is 3.03. The minimum atomic E-state index is 0.701. The van der Waals surface area contributed by atoms with Gasteiger partial charge in [-0.25, -0.2) is 0 Å². The summed E-state index contributed by atoms with van der Waals surface area (Å²) in [6.07, 6.45) is 4.94. The van der Waals surface area contributed by atoms with Crippen LogP contribution >= 0.6 is 12.2 Å². The fraction of sp³-hybridized carbons (Fsp3) is 0.417. The lowest BCUT2D eigenvalue weighted by atomic mass is 10.1. The molecule has 2 rings (SSSR count). The first-order chi connectivity index (χ1) is 8.13. The first kappa shape index (κ1) is 12.0. The molecule has 0 aliphatic carbocycles. The first-order valence-corrected chi connectivity index (χ1v) is 6.13. The maximum Gasteiger partial charge on any atom is 0.122 e. The molecule has 0 saturated carbocycles. The molecule has 0 aliphatic heterocycles. The second-order valence-electron chi connectivity index (χ2n) is 4.14. The van der Waals surface area contributed by atoms with Gasteiger partial charge in [0.2, 0.25) is 0 Å². The molecule has 0 aliphatic rings. The SMILES string of the molecule is CCCn1cc(-c2n[nH]c(=S)c(C)c2C)cn1. The molecule has 0 radical (unpaired) electrons. The monoisotopic (exact) mass is 248 g/mol. The molecule has 0 aromatic carbocycles. The summed E-state index contributed by atoms with van der Waals surface area (Å²) in [5.41, 5.74) is 4.15. The molecule has 2 aromatic rings. The van der Waals surface area contributed by atoms with E-state index >= 15 is 0 Å². The largest absolute Gasteiger partial charge is 0.272 e. The molecule has 0 fully saturated rings. The molecule has 0 bridgehead atoms. The lowest BCUT2D eigenvalue weighted by Gasteiger charge is -2.04. The van der Waals surface area contributed by atoms with Crippen LogP contribution in [0.5, 0.6) is 0 Å². The first-order valence-electron chi connectivity index (χ1n) is 5.72. The third-order valence-corrected chi connectivity index (χ3v) is 3.28. The van der Waals surface area contributed by atoms with Gasteiger partial charge in [-0.3, -0.25) is 9.78 Å². The van der Waals surface area contributed by atoms with Gasteiger partial charge >= 0.3 is 0 Å². The Morgan fingerprint density at radius 1 is 1.35 bits per heavy atom. The number of hydrogen-bond donors (Lipinski definition) is 1. The number of H-pyrrole nitrogens is 1. The minimum absolute atomic E-state index is 0.701. The van der Waals surface area contributed by atoms with Crippen molar-refractivity contribution in [2.24, 2.45) is 0 Å². The van der Waals surface area contributed by atoms with E-state index in [1.165, 1.54) is 0 Å². The summed E-state index contributed by atoms with van der Waals surface area (Å²) in [5.74, 6) is 0. The van der Waals surface area contributed by atoms with Crippen molar-refractivity contribution < 1.29 is 0 Å². The van der Waals surface area contributed by atoms with Gasteiger partial charge in [0.05, 0.1) is 11.9 Å². The zero-order chi connectivity index (χ0) is 12.4. The fourth-order valence-electron chi connectivity index (χ4n) is 1.74. The second-order valence-corrected chi connectivity index (χ2v) is 4.55. The number of hydrogen-bond acceptors (Lipinski definition) is 3. The van der Waals surface area contributed by atoms with Gasteiger partial charge in [-0.2, -0.15) is 10.2 Å². The molecular formula is C12H16N4S. The van der Waals surface area contributed by atoms with Gasteiger partial charge in [0, 0.05) is 18.3 Å². The van der Waals surface area contributed by atoms with Crippen LogP contribution in [0.2, 0.25) is 0 Å². The van der Waals surface area contributed by atoms with Crippen LogP contribution in [0.1, 0.15) is 24.5 Å². The van der Waals surface area contributed by atoms with Gasteiger partial charge in [0.1, 0.15) is 4.64 Å². The van der Waals surface area contributed by atoms with Gasteiger partial charge in [-0.1, -0.05) is 19.1 Å². The zero-order valence-corrected chi connectivity index (χ0v) is 11.1. The van der Waals surface area contributed by atoms with E-state index in [1.807, 2.05) is 30.9 Å². The van der Waals surface area contributed by atoms with Gasteiger partial charge in [0.25, 0.3) is 0 Å². The molecule has 4 nitrogen and oxygen atoms in total. The van der Waals surface area contributed by atoms with Crippen molar-refractivity contribution in [2.45, 2.75) is 33.7 Å². The quantitative estimate of drug-likeness (QED) is 0.849. The van der Waals surface area contributed by atoms with E-state index in [9.17, 15) is 0 Å². The standard InChI is InChI=1S/C12H16N4S/c1-4-5-16-7-10(6-13-16)11-8(2)9(3)12(17)15-14-11/h6-7H,4-5H2,1-3H3,(H,15,17). The van der Waals surface area contributed by atoms with Crippen molar-refractivity contribution in [3.05, 3.63) is 28.2 Å². The van der Waals surface area contributed by atoms with E-state index in [0.29, 0.717) is 4.64 Å². The molecule has 0 spiro atoms. The van der Waals surface area contributed by atoms with Crippen molar-refractivity contribution in [1.82, 2.24) is 20.0 Å². The van der Waals surface area contributed by atoms with Crippen LogP contribution in [0.3, 0.4) is 0 Å². The molecule has 17 heavy (non-hydrogen) atoms. The van der Waals surface area contributed by atoms with Crippen LogP contribution in [-0.2, 0) is 6.54 Å². The van der Waals surface area contributed by atoms with Crippen molar-refractivity contribution in [3.8, 4) is 11.3 Å². The van der Waals surface area contributed by atoms with Crippen LogP contribution in [0.25, 0.3) is 11.3 Å². The molecule has 5 heteroatoms. The lowest BCUT2D eigenvalue weighted by Crippen LogP contribution is -1.97. The average molecular weight is 248 g/mol. The highest BCUT2D eigenvalue weighted by Gasteiger charge is 2.09. The Kier molecular flexibility index (Phi) is 3.38. The zero-order valence-electron chi connectivity index (χ0n) is 10.3. The van der Waals surface area contributed by atoms with E-state index < -0.39 is 0 Å². The summed E-state index contributed by atoms with van der Waals surface area (Å²) in [7, 11) is 0. The number of nitrogens with zero attached hydrogens (tertiary/aromatic N) is 3. The Labute approximate surface area is 106 Å². The molecule has 0 amide bonds. The molecule has 2 heterocycles. The van der Waals surface area contributed by atoms with Gasteiger partial charge in [-0.15, -0.1) is 0 Å². The number of aromatic amines is 1. The van der Waals surface area contributed by atoms with Crippen LogP contribution in [0.15, 0.2) is 12.4 Å². The maximum absolute atomic E-state index is 5.16. The summed E-state index contributed by atoms with van der Waals surface area (Å²) in [6.45, 7) is 7.11. The number of rotatable bonds is 3. The van der Waals surface area contributed by atoms with E-state index in [0.717, 1.165) is 35.3 Å². The van der Waals surface area contributed by atoms with Crippen molar-refractivity contribution in [1.29, 1.82) is 0 Å². The number of nitrogens with one attached hydrogen (secondary N) is 1. The summed E-state index contributed by atoms with van der Waals surface area (Å²) in [6, 6.07) is 0. The predicted molar refractivity (Wildman–Crippen MR) is 70.4 cm³/mol. The lowest BCUT2D eigenvalue weighted by molar-refractivity contribution is 0.603. The number of aryl methyl sites for hydroxylation is 1. The molecular weight excluding hydrogens is 232 g/mol. The Hall–Kier alpha value is -1.49. The van der Waals surface area contributed by atoms with E-state index in [4.69, 9.17) is 12.2 Å².